The van der Waals surface area contributed by atoms with Crippen LogP contribution in [0.15, 0.2) is 28.2 Å². The van der Waals surface area contributed by atoms with Crippen LogP contribution in [-0.2, 0) is 13.1 Å². The van der Waals surface area contributed by atoms with Gasteiger partial charge in [0.2, 0.25) is 0 Å². The van der Waals surface area contributed by atoms with Gasteiger partial charge in [-0.1, -0.05) is 6.92 Å². The first-order valence-corrected chi connectivity index (χ1v) is 7.01. The number of thiazole rings is 1. The fourth-order valence-corrected chi connectivity index (χ4v) is 2.50. The zero-order valence-electron chi connectivity index (χ0n) is 10.8. The Kier molecular flexibility index (Phi) is 4.52. The second-order valence-corrected chi connectivity index (χ2v) is 5.24. The summed E-state index contributed by atoms with van der Waals surface area (Å²) < 4.78 is 5.37. The summed E-state index contributed by atoms with van der Waals surface area (Å²) in [5, 5.41) is 3.09. The molecule has 5 heteroatoms. The maximum Gasteiger partial charge on any atom is 0.117 e. The van der Waals surface area contributed by atoms with Gasteiger partial charge in [0.15, 0.2) is 0 Å². The van der Waals surface area contributed by atoms with Crippen LogP contribution >= 0.6 is 11.3 Å². The Morgan fingerprint density at radius 3 is 2.89 bits per heavy atom. The molecule has 18 heavy (non-hydrogen) atoms. The van der Waals surface area contributed by atoms with E-state index in [1.165, 1.54) is 0 Å². The highest BCUT2D eigenvalue weighted by Gasteiger charge is 2.11. The van der Waals surface area contributed by atoms with Crippen LogP contribution in [0.3, 0.4) is 0 Å². The summed E-state index contributed by atoms with van der Waals surface area (Å²) in [6.45, 7) is 6.71. The summed E-state index contributed by atoms with van der Waals surface area (Å²) in [6.07, 6.45) is 1.71. The van der Waals surface area contributed by atoms with Crippen molar-refractivity contribution in [2.75, 3.05) is 6.54 Å². The van der Waals surface area contributed by atoms with Gasteiger partial charge >= 0.3 is 0 Å². The highest BCUT2D eigenvalue weighted by molar-refractivity contribution is 7.09. The van der Waals surface area contributed by atoms with Crippen LogP contribution in [0.4, 0.5) is 0 Å². The van der Waals surface area contributed by atoms with Crippen LogP contribution in [0.25, 0.3) is 0 Å². The molecule has 0 fully saturated rings. The molecule has 1 unspecified atom stereocenters. The quantitative estimate of drug-likeness (QED) is 0.872. The highest BCUT2D eigenvalue weighted by atomic mass is 32.1. The largest absolute Gasteiger partial charge is 0.468 e. The van der Waals surface area contributed by atoms with E-state index in [4.69, 9.17) is 10.2 Å². The molecule has 4 nitrogen and oxygen atoms in total. The molecule has 2 N–H and O–H groups in total. The van der Waals surface area contributed by atoms with Gasteiger partial charge in [0.05, 0.1) is 24.5 Å². The molecule has 0 saturated carbocycles. The second-order valence-electron chi connectivity index (χ2n) is 4.35. The van der Waals surface area contributed by atoms with Crippen LogP contribution in [0.1, 0.15) is 36.4 Å². The van der Waals surface area contributed by atoms with E-state index in [-0.39, 0.29) is 6.04 Å². The van der Waals surface area contributed by atoms with Crippen LogP contribution in [0, 0.1) is 0 Å². The molecule has 2 rings (SSSR count). The lowest BCUT2D eigenvalue weighted by atomic mass is 10.3. The minimum absolute atomic E-state index is 0.0175. The normalized spacial score (nSPS) is 13.1. The third-order valence-electron chi connectivity index (χ3n) is 2.75. The van der Waals surface area contributed by atoms with E-state index < -0.39 is 0 Å². The minimum Gasteiger partial charge on any atom is -0.468 e. The molecular formula is C13H19N3OS. The first-order chi connectivity index (χ1) is 8.69. The van der Waals surface area contributed by atoms with E-state index in [2.05, 4.69) is 22.2 Å². The van der Waals surface area contributed by atoms with Gasteiger partial charge in [-0.3, -0.25) is 4.90 Å². The Hall–Kier alpha value is -1.17. The van der Waals surface area contributed by atoms with E-state index in [1.54, 1.807) is 17.6 Å². The van der Waals surface area contributed by atoms with E-state index in [0.717, 1.165) is 36.1 Å². The maximum atomic E-state index is 5.82. The fourth-order valence-electron chi connectivity index (χ4n) is 1.74. The SMILES string of the molecule is CCN(Cc1csc(C(C)N)n1)Cc1ccco1. The first kappa shape index (κ1) is 13.3. The Balaban J connectivity index is 1.96. The Bertz CT molecular complexity index is 464. The molecule has 98 valence electrons. The van der Waals surface area contributed by atoms with E-state index in [9.17, 15) is 0 Å². The lowest BCUT2D eigenvalue weighted by molar-refractivity contribution is 0.245. The molecule has 2 aromatic rings. The second kappa shape index (κ2) is 6.13. The number of nitrogens with two attached hydrogens (primary N) is 1. The summed E-state index contributed by atoms with van der Waals surface area (Å²) >= 11 is 1.63. The molecule has 0 bridgehead atoms. The smallest absolute Gasteiger partial charge is 0.117 e. The van der Waals surface area contributed by atoms with Crippen LogP contribution in [-0.4, -0.2) is 16.4 Å². The fraction of sp³-hybridized carbons (Fsp3) is 0.462. The van der Waals surface area contributed by atoms with Crippen LogP contribution in [0.2, 0.25) is 0 Å². The van der Waals surface area contributed by atoms with Crippen LogP contribution < -0.4 is 5.73 Å². The third kappa shape index (κ3) is 3.41. The Morgan fingerprint density at radius 1 is 1.50 bits per heavy atom. The number of hydrogen-bond acceptors (Lipinski definition) is 5. The summed E-state index contributed by atoms with van der Waals surface area (Å²) in [5.41, 5.74) is 6.90. The number of rotatable bonds is 6. The Labute approximate surface area is 111 Å². The average molecular weight is 265 g/mol. The number of aromatic nitrogens is 1. The molecule has 0 aliphatic carbocycles. The third-order valence-corrected chi connectivity index (χ3v) is 3.85. The summed E-state index contributed by atoms with van der Waals surface area (Å²) in [4.78, 5) is 6.84. The average Bonchev–Trinajstić information content (AvgIpc) is 2.99. The predicted molar refractivity (Wildman–Crippen MR) is 73.2 cm³/mol. The summed E-state index contributed by atoms with van der Waals surface area (Å²) in [7, 11) is 0. The zero-order chi connectivity index (χ0) is 13.0. The van der Waals surface area contributed by atoms with Crippen molar-refractivity contribution >= 4 is 11.3 Å². The zero-order valence-corrected chi connectivity index (χ0v) is 11.6. The molecular weight excluding hydrogens is 246 g/mol. The van der Waals surface area contributed by atoms with Crippen molar-refractivity contribution in [2.24, 2.45) is 5.73 Å². The number of nitrogens with zero attached hydrogens (tertiary/aromatic N) is 2. The molecule has 0 radical (unpaired) electrons. The van der Waals surface area contributed by atoms with Gasteiger partial charge in [0.25, 0.3) is 0 Å². The monoisotopic (exact) mass is 265 g/mol. The van der Waals surface area contributed by atoms with Gasteiger partial charge in [-0.2, -0.15) is 0 Å². The molecule has 1 atom stereocenters. The van der Waals surface area contributed by atoms with Crippen molar-refractivity contribution in [1.82, 2.24) is 9.88 Å². The van der Waals surface area contributed by atoms with Crippen molar-refractivity contribution < 1.29 is 4.42 Å². The number of hydrogen-bond donors (Lipinski definition) is 1. The molecule has 0 aromatic carbocycles. The van der Waals surface area contributed by atoms with Crippen molar-refractivity contribution in [3.05, 3.63) is 40.2 Å². The maximum absolute atomic E-state index is 5.82. The molecule has 0 aliphatic heterocycles. The van der Waals surface area contributed by atoms with Crippen molar-refractivity contribution in [2.45, 2.75) is 33.0 Å². The van der Waals surface area contributed by atoms with Gasteiger partial charge in [-0.15, -0.1) is 11.3 Å². The van der Waals surface area contributed by atoms with E-state index >= 15 is 0 Å². The first-order valence-electron chi connectivity index (χ1n) is 6.13. The highest BCUT2D eigenvalue weighted by Crippen LogP contribution is 2.17. The van der Waals surface area contributed by atoms with Crippen molar-refractivity contribution in [3.8, 4) is 0 Å². The van der Waals surface area contributed by atoms with Gasteiger partial charge in [0.1, 0.15) is 10.8 Å². The number of furan rings is 1. The van der Waals surface area contributed by atoms with E-state index in [1.807, 2.05) is 19.1 Å². The molecule has 0 saturated heterocycles. The minimum atomic E-state index is 0.0175. The predicted octanol–water partition coefficient (Wildman–Crippen LogP) is 2.78. The lowest BCUT2D eigenvalue weighted by Crippen LogP contribution is -2.22. The molecule has 2 aromatic heterocycles. The van der Waals surface area contributed by atoms with Crippen molar-refractivity contribution in [3.63, 3.8) is 0 Å². The van der Waals surface area contributed by atoms with Gasteiger partial charge in [-0.25, -0.2) is 4.98 Å². The molecule has 2 heterocycles. The Morgan fingerprint density at radius 2 is 2.33 bits per heavy atom. The topological polar surface area (TPSA) is 55.3 Å². The molecule has 0 amide bonds. The summed E-state index contributed by atoms with van der Waals surface area (Å²) in [5.74, 6) is 0.986. The lowest BCUT2D eigenvalue weighted by Gasteiger charge is -2.17. The van der Waals surface area contributed by atoms with E-state index in [0.29, 0.717) is 0 Å². The van der Waals surface area contributed by atoms with Crippen LogP contribution in [0.5, 0.6) is 0 Å². The van der Waals surface area contributed by atoms with Gasteiger partial charge in [0, 0.05) is 11.9 Å². The summed E-state index contributed by atoms with van der Waals surface area (Å²) in [6, 6.07) is 3.93. The molecule has 0 aliphatic rings. The molecule has 0 spiro atoms. The van der Waals surface area contributed by atoms with Gasteiger partial charge in [-0.05, 0) is 25.6 Å². The van der Waals surface area contributed by atoms with Gasteiger partial charge < -0.3 is 10.2 Å². The van der Waals surface area contributed by atoms with Crippen molar-refractivity contribution in [1.29, 1.82) is 0 Å². The standard InChI is InChI=1S/C13H19N3OS/c1-3-16(8-12-5-4-6-17-12)7-11-9-18-13(15-11)10(2)14/h4-6,9-10H,3,7-8,14H2,1-2H3.